The third-order valence-electron chi connectivity index (χ3n) is 3.08. The molecular formula is C16H23NO3S2. The molecule has 0 radical (unpaired) electrons. The van der Waals surface area contributed by atoms with Crippen molar-refractivity contribution in [1.29, 1.82) is 0 Å². The van der Waals surface area contributed by atoms with Crippen LogP contribution in [0, 0.1) is 0 Å². The Morgan fingerprint density at radius 1 is 1.27 bits per heavy atom. The topological polar surface area (TPSA) is 56.3 Å². The molecular weight excluding hydrogens is 318 g/mol. The van der Waals surface area contributed by atoms with Crippen LogP contribution in [0.25, 0.3) is 10.2 Å². The van der Waals surface area contributed by atoms with Gasteiger partial charge in [0.1, 0.15) is 0 Å². The van der Waals surface area contributed by atoms with Crippen molar-refractivity contribution >= 4 is 31.4 Å². The molecule has 0 aliphatic rings. The smallest absolute Gasteiger partial charge is 0.210 e. The van der Waals surface area contributed by atoms with Crippen LogP contribution in [0.2, 0.25) is 0 Å². The van der Waals surface area contributed by atoms with E-state index in [1.54, 1.807) is 0 Å². The SMILES string of the molecule is CCC[C@@H](CS(=O)(=O)c1nc2ccccc2s1)OC(C)(C)C. The second kappa shape index (κ2) is 6.64. The molecule has 1 aromatic heterocycles. The molecule has 0 aliphatic heterocycles. The molecule has 0 aliphatic carbocycles. The lowest BCUT2D eigenvalue weighted by molar-refractivity contribution is -0.0526. The maximum atomic E-state index is 12.6. The standard InChI is InChI=1S/C16H23NO3S2/c1-5-8-12(20-16(2,3)4)11-22(18,19)15-17-13-9-6-7-10-14(13)21-15/h6-7,9-10,12H,5,8,11H2,1-4H3/t12-/m0/s1. The van der Waals surface area contributed by atoms with Gasteiger partial charge in [0.25, 0.3) is 0 Å². The number of thiazole rings is 1. The highest BCUT2D eigenvalue weighted by atomic mass is 32.2. The first-order valence-corrected chi connectivity index (χ1v) is 9.94. The molecule has 0 bridgehead atoms. The van der Waals surface area contributed by atoms with Crippen LogP contribution < -0.4 is 0 Å². The number of sulfone groups is 1. The Hall–Kier alpha value is -0.980. The zero-order chi connectivity index (χ0) is 16.4. The third kappa shape index (κ3) is 4.51. The highest BCUT2D eigenvalue weighted by molar-refractivity contribution is 7.93. The summed E-state index contributed by atoms with van der Waals surface area (Å²) in [4.78, 5) is 4.27. The summed E-state index contributed by atoms with van der Waals surface area (Å²) in [5.41, 5.74) is 0.373. The van der Waals surface area contributed by atoms with Crippen LogP contribution in [0.1, 0.15) is 40.5 Å². The zero-order valence-corrected chi connectivity index (χ0v) is 15.1. The maximum Gasteiger partial charge on any atom is 0.210 e. The summed E-state index contributed by atoms with van der Waals surface area (Å²) >= 11 is 1.23. The molecule has 122 valence electrons. The van der Waals surface area contributed by atoms with Crippen LogP contribution >= 0.6 is 11.3 Å². The van der Waals surface area contributed by atoms with Crippen molar-refractivity contribution in [2.75, 3.05) is 5.75 Å². The number of nitrogens with zero attached hydrogens (tertiary/aromatic N) is 1. The summed E-state index contributed by atoms with van der Waals surface area (Å²) in [7, 11) is -3.43. The second-order valence-electron chi connectivity index (χ2n) is 6.37. The lowest BCUT2D eigenvalue weighted by atomic mass is 10.1. The van der Waals surface area contributed by atoms with Crippen molar-refractivity contribution in [1.82, 2.24) is 4.98 Å². The highest BCUT2D eigenvalue weighted by Crippen LogP contribution is 2.27. The van der Waals surface area contributed by atoms with Gasteiger partial charge in [0, 0.05) is 0 Å². The number of rotatable bonds is 6. The molecule has 0 saturated heterocycles. The number of fused-ring (bicyclic) bond motifs is 1. The van der Waals surface area contributed by atoms with Crippen molar-refractivity contribution < 1.29 is 13.2 Å². The van der Waals surface area contributed by atoms with E-state index < -0.39 is 9.84 Å². The van der Waals surface area contributed by atoms with Gasteiger partial charge < -0.3 is 4.74 Å². The van der Waals surface area contributed by atoms with Crippen molar-refractivity contribution in [2.45, 2.75) is 56.6 Å². The van der Waals surface area contributed by atoms with Gasteiger partial charge in [-0.1, -0.05) is 25.5 Å². The number of hydrogen-bond donors (Lipinski definition) is 0. The molecule has 2 aromatic rings. The van der Waals surface area contributed by atoms with Crippen LogP contribution in [0.4, 0.5) is 0 Å². The van der Waals surface area contributed by atoms with Gasteiger partial charge in [0.15, 0.2) is 0 Å². The predicted octanol–water partition coefficient (Wildman–Crippen LogP) is 4.05. The monoisotopic (exact) mass is 341 g/mol. The normalized spacial score (nSPS) is 14.4. The van der Waals surface area contributed by atoms with Crippen LogP contribution in [-0.2, 0) is 14.6 Å². The first-order chi connectivity index (χ1) is 10.2. The van der Waals surface area contributed by atoms with Gasteiger partial charge in [0.2, 0.25) is 14.2 Å². The summed E-state index contributed by atoms with van der Waals surface area (Å²) in [6.45, 7) is 7.86. The zero-order valence-electron chi connectivity index (χ0n) is 13.5. The van der Waals surface area contributed by atoms with Gasteiger partial charge in [-0.2, -0.15) is 0 Å². The minimum atomic E-state index is -3.43. The van der Waals surface area contributed by atoms with Crippen molar-refractivity contribution in [3.8, 4) is 0 Å². The third-order valence-corrected chi connectivity index (χ3v) is 6.35. The Labute approximate surface area is 136 Å². The Bertz CT molecular complexity index is 696. The van der Waals surface area contributed by atoms with Gasteiger partial charge in [0.05, 0.1) is 27.7 Å². The van der Waals surface area contributed by atoms with E-state index in [1.165, 1.54) is 11.3 Å². The Kier molecular flexibility index (Phi) is 5.25. The van der Waals surface area contributed by atoms with E-state index in [2.05, 4.69) is 4.98 Å². The summed E-state index contributed by atoms with van der Waals surface area (Å²) < 4.78 is 32.3. The number of benzene rings is 1. The van der Waals surface area contributed by atoms with Crippen LogP contribution in [0.15, 0.2) is 28.6 Å². The molecule has 6 heteroatoms. The van der Waals surface area contributed by atoms with E-state index in [-0.39, 0.29) is 21.8 Å². The Morgan fingerprint density at radius 2 is 1.95 bits per heavy atom. The first-order valence-electron chi connectivity index (χ1n) is 7.47. The Balaban J connectivity index is 2.24. The quantitative estimate of drug-likeness (QED) is 0.795. The first kappa shape index (κ1) is 17.4. The van der Waals surface area contributed by atoms with E-state index in [0.717, 1.165) is 23.1 Å². The molecule has 0 spiro atoms. The molecule has 1 atom stereocenters. The maximum absolute atomic E-state index is 12.6. The molecule has 2 rings (SSSR count). The lowest BCUT2D eigenvalue weighted by Gasteiger charge is -2.27. The van der Waals surface area contributed by atoms with Gasteiger partial charge >= 0.3 is 0 Å². The van der Waals surface area contributed by atoms with E-state index in [1.807, 2.05) is 52.0 Å². The average molecular weight is 341 g/mol. The summed E-state index contributed by atoms with van der Waals surface area (Å²) in [6, 6.07) is 7.47. The van der Waals surface area contributed by atoms with E-state index in [9.17, 15) is 8.42 Å². The molecule has 0 amide bonds. The van der Waals surface area contributed by atoms with Crippen LogP contribution in [0.3, 0.4) is 0 Å². The fourth-order valence-electron chi connectivity index (χ4n) is 2.30. The number of ether oxygens (including phenoxy) is 1. The van der Waals surface area contributed by atoms with Crippen LogP contribution in [-0.4, -0.2) is 30.9 Å². The molecule has 1 heterocycles. The number of hydrogen-bond acceptors (Lipinski definition) is 5. The second-order valence-corrected chi connectivity index (χ2v) is 9.61. The Morgan fingerprint density at radius 3 is 2.55 bits per heavy atom. The van der Waals surface area contributed by atoms with Gasteiger partial charge in [-0.15, -0.1) is 11.3 Å². The minimum Gasteiger partial charge on any atom is -0.372 e. The van der Waals surface area contributed by atoms with E-state index in [4.69, 9.17) is 4.74 Å². The molecule has 1 aromatic carbocycles. The number of para-hydroxylation sites is 1. The van der Waals surface area contributed by atoms with Crippen molar-refractivity contribution in [2.24, 2.45) is 0 Å². The fourth-order valence-corrected chi connectivity index (χ4v) is 5.08. The molecule has 0 saturated carbocycles. The van der Waals surface area contributed by atoms with Crippen LogP contribution in [0.5, 0.6) is 0 Å². The van der Waals surface area contributed by atoms with Crippen molar-refractivity contribution in [3.63, 3.8) is 0 Å². The fraction of sp³-hybridized carbons (Fsp3) is 0.562. The molecule has 4 nitrogen and oxygen atoms in total. The highest BCUT2D eigenvalue weighted by Gasteiger charge is 2.27. The lowest BCUT2D eigenvalue weighted by Crippen LogP contribution is -2.32. The molecule has 0 fully saturated rings. The summed E-state index contributed by atoms with van der Waals surface area (Å²) in [6.07, 6.45) is 1.30. The van der Waals surface area contributed by atoms with Gasteiger partial charge in [-0.25, -0.2) is 13.4 Å². The molecule has 0 unspecified atom stereocenters. The largest absolute Gasteiger partial charge is 0.372 e. The summed E-state index contributed by atoms with van der Waals surface area (Å²) in [5, 5.41) is 0. The predicted molar refractivity (Wildman–Crippen MR) is 91.2 cm³/mol. The molecule has 22 heavy (non-hydrogen) atoms. The van der Waals surface area contributed by atoms with Gasteiger partial charge in [-0.3, -0.25) is 0 Å². The van der Waals surface area contributed by atoms with Crippen molar-refractivity contribution in [3.05, 3.63) is 24.3 Å². The average Bonchev–Trinajstić information content (AvgIpc) is 2.81. The number of aromatic nitrogens is 1. The van der Waals surface area contributed by atoms with E-state index in [0.29, 0.717) is 0 Å². The van der Waals surface area contributed by atoms with Gasteiger partial charge in [-0.05, 0) is 39.3 Å². The summed E-state index contributed by atoms with van der Waals surface area (Å²) in [5.74, 6) is -0.0159. The minimum absolute atomic E-state index is 0.0159. The molecule has 0 N–H and O–H groups in total. The van der Waals surface area contributed by atoms with E-state index >= 15 is 0 Å².